The summed E-state index contributed by atoms with van der Waals surface area (Å²) >= 11 is 0. The lowest BCUT2D eigenvalue weighted by atomic mass is 9.46. The van der Waals surface area contributed by atoms with Crippen LogP contribution in [0.2, 0.25) is 0 Å². The number of hydrogen-bond acceptors (Lipinski definition) is 4. The molecule has 0 aromatic heterocycles. The van der Waals surface area contributed by atoms with Crippen LogP contribution in [0.5, 0.6) is 0 Å². The zero-order valence-electron chi connectivity index (χ0n) is 15.0. The van der Waals surface area contributed by atoms with Crippen molar-refractivity contribution in [2.24, 2.45) is 28.6 Å². The lowest BCUT2D eigenvalue weighted by molar-refractivity contribution is -0.149. The van der Waals surface area contributed by atoms with E-state index < -0.39 is 17.1 Å². The number of rotatable bonds is 1. The van der Waals surface area contributed by atoms with Gasteiger partial charge < -0.3 is 20.4 Å². The highest BCUT2D eigenvalue weighted by Crippen LogP contribution is 2.66. The van der Waals surface area contributed by atoms with Gasteiger partial charge in [0.1, 0.15) is 5.60 Å². The largest absolute Gasteiger partial charge is 0.396 e. The Labute approximate surface area is 150 Å². The van der Waals surface area contributed by atoms with E-state index in [2.05, 4.69) is 12.8 Å². The number of hydrogen-bond donors (Lipinski definition) is 4. The highest BCUT2D eigenvalue weighted by atomic mass is 16.3. The smallest absolute Gasteiger partial charge is 0.133 e. The van der Waals surface area contributed by atoms with Crippen LogP contribution >= 0.6 is 0 Å². The van der Waals surface area contributed by atoms with Crippen LogP contribution < -0.4 is 0 Å². The quantitative estimate of drug-likeness (QED) is 0.430. The SMILES string of the molecule is C#C[C@]1(O)CCC2C3C(O)C=C4C[C@@H](O)CC[C@]4(C)C3CC[C@@]21CO. The van der Waals surface area contributed by atoms with E-state index in [4.69, 9.17) is 6.42 Å². The third kappa shape index (κ3) is 2.10. The van der Waals surface area contributed by atoms with Crippen molar-refractivity contribution >= 4 is 0 Å². The maximum absolute atomic E-state index is 11.0. The summed E-state index contributed by atoms with van der Waals surface area (Å²) in [5.74, 6) is 2.95. The number of fused-ring (bicyclic) bond motifs is 5. The molecule has 0 saturated heterocycles. The molecular formula is C21H30O4. The van der Waals surface area contributed by atoms with Crippen molar-refractivity contribution in [3.05, 3.63) is 11.6 Å². The molecule has 4 rings (SSSR count). The topological polar surface area (TPSA) is 80.9 Å². The molecule has 3 fully saturated rings. The first kappa shape index (κ1) is 17.5. The van der Waals surface area contributed by atoms with Gasteiger partial charge in [0.05, 0.1) is 18.8 Å². The summed E-state index contributed by atoms with van der Waals surface area (Å²) < 4.78 is 0. The van der Waals surface area contributed by atoms with Crippen molar-refractivity contribution in [1.29, 1.82) is 0 Å². The molecule has 25 heavy (non-hydrogen) atoms. The van der Waals surface area contributed by atoms with Crippen molar-refractivity contribution in [3.8, 4) is 12.3 Å². The summed E-state index contributed by atoms with van der Waals surface area (Å²) in [6.07, 6.45) is 11.9. The third-order valence-electron chi connectivity index (χ3n) is 8.47. The fourth-order valence-corrected chi connectivity index (χ4v) is 7.01. The van der Waals surface area contributed by atoms with Gasteiger partial charge >= 0.3 is 0 Å². The Kier molecular flexibility index (Phi) is 3.91. The molecule has 4 aliphatic rings. The van der Waals surface area contributed by atoms with Crippen molar-refractivity contribution in [1.82, 2.24) is 0 Å². The third-order valence-corrected chi connectivity index (χ3v) is 8.47. The van der Waals surface area contributed by atoms with E-state index in [0.717, 1.165) is 25.7 Å². The Bertz CT molecular complexity index is 636. The molecule has 8 atom stereocenters. The van der Waals surface area contributed by atoms with Gasteiger partial charge in [0.15, 0.2) is 0 Å². The molecule has 4 N–H and O–H groups in total. The van der Waals surface area contributed by atoms with Crippen LogP contribution in [0.1, 0.15) is 51.9 Å². The lowest BCUT2D eigenvalue weighted by Crippen LogP contribution is -2.59. The first-order chi connectivity index (χ1) is 11.8. The molecule has 0 radical (unpaired) electrons. The van der Waals surface area contributed by atoms with Gasteiger partial charge in [-0.3, -0.25) is 0 Å². The van der Waals surface area contributed by atoms with Crippen LogP contribution in [0.25, 0.3) is 0 Å². The van der Waals surface area contributed by atoms with E-state index in [9.17, 15) is 20.4 Å². The van der Waals surface area contributed by atoms with Gasteiger partial charge in [-0.1, -0.05) is 24.5 Å². The molecule has 0 aromatic rings. The van der Waals surface area contributed by atoms with Gasteiger partial charge in [-0.25, -0.2) is 0 Å². The molecule has 0 heterocycles. The summed E-state index contributed by atoms with van der Waals surface area (Å²) in [7, 11) is 0. The normalized spacial score (nSPS) is 54.7. The van der Waals surface area contributed by atoms with Crippen molar-refractivity contribution in [3.63, 3.8) is 0 Å². The van der Waals surface area contributed by atoms with E-state index in [1.54, 1.807) is 0 Å². The lowest BCUT2D eigenvalue weighted by Gasteiger charge is -2.59. The molecule has 0 amide bonds. The minimum atomic E-state index is -1.27. The summed E-state index contributed by atoms with van der Waals surface area (Å²) in [4.78, 5) is 0. The van der Waals surface area contributed by atoms with Crippen molar-refractivity contribution in [2.45, 2.75) is 69.7 Å². The van der Waals surface area contributed by atoms with Gasteiger partial charge in [-0.2, -0.15) is 0 Å². The molecule has 4 aliphatic carbocycles. The van der Waals surface area contributed by atoms with Crippen molar-refractivity contribution < 1.29 is 20.4 Å². The second-order valence-corrected chi connectivity index (χ2v) is 9.18. The Morgan fingerprint density at radius 3 is 2.56 bits per heavy atom. The monoisotopic (exact) mass is 346 g/mol. The molecule has 3 saturated carbocycles. The summed E-state index contributed by atoms with van der Waals surface area (Å²) in [5.41, 5.74) is -0.770. The molecule has 138 valence electrons. The highest BCUT2D eigenvalue weighted by Gasteiger charge is 2.66. The van der Waals surface area contributed by atoms with Gasteiger partial charge in [0.2, 0.25) is 0 Å². The molecule has 0 bridgehead atoms. The van der Waals surface area contributed by atoms with Crippen molar-refractivity contribution in [2.75, 3.05) is 6.61 Å². The van der Waals surface area contributed by atoms with Crippen LogP contribution in [0.15, 0.2) is 11.6 Å². The number of aliphatic hydroxyl groups is 4. The second kappa shape index (κ2) is 5.57. The molecular weight excluding hydrogens is 316 g/mol. The predicted molar refractivity (Wildman–Crippen MR) is 94.3 cm³/mol. The Hall–Kier alpha value is -0.860. The van der Waals surface area contributed by atoms with Crippen LogP contribution in [-0.4, -0.2) is 44.8 Å². The Morgan fingerprint density at radius 2 is 1.88 bits per heavy atom. The van der Waals surface area contributed by atoms with Gasteiger partial charge in [0.25, 0.3) is 0 Å². The van der Waals surface area contributed by atoms with E-state index >= 15 is 0 Å². The summed E-state index contributed by atoms with van der Waals surface area (Å²) in [6.45, 7) is 2.16. The molecule has 0 aromatic carbocycles. The number of aliphatic hydroxyl groups excluding tert-OH is 3. The first-order valence-corrected chi connectivity index (χ1v) is 9.70. The minimum Gasteiger partial charge on any atom is -0.396 e. The van der Waals surface area contributed by atoms with Crippen LogP contribution in [0.4, 0.5) is 0 Å². The summed E-state index contributed by atoms with van der Waals surface area (Å²) in [6, 6.07) is 0. The Morgan fingerprint density at radius 1 is 1.16 bits per heavy atom. The highest BCUT2D eigenvalue weighted by molar-refractivity contribution is 5.31. The molecule has 4 unspecified atom stereocenters. The number of terminal acetylenes is 1. The molecule has 4 nitrogen and oxygen atoms in total. The molecule has 0 aliphatic heterocycles. The maximum Gasteiger partial charge on any atom is 0.133 e. The predicted octanol–water partition coefficient (Wildman–Crippen LogP) is 1.62. The average Bonchev–Trinajstić information content (AvgIpc) is 2.91. The minimum absolute atomic E-state index is 0.00158. The van der Waals surface area contributed by atoms with Crippen LogP contribution in [-0.2, 0) is 0 Å². The zero-order valence-corrected chi connectivity index (χ0v) is 15.0. The molecule has 4 heteroatoms. The first-order valence-electron chi connectivity index (χ1n) is 9.70. The maximum atomic E-state index is 11.0. The fourth-order valence-electron chi connectivity index (χ4n) is 7.01. The molecule has 0 spiro atoms. The van der Waals surface area contributed by atoms with Gasteiger partial charge in [-0.15, -0.1) is 6.42 Å². The van der Waals surface area contributed by atoms with Crippen LogP contribution in [0.3, 0.4) is 0 Å². The van der Waals surface area contributed by atoms with E-state index in [1.807, 2.05) is 6.08 Å². The van der Waals surface area contributed by atoms with Gasteiger partial charge in [0, 0.05) is 5.41 Å². The van der Waals surface area contributed by atoms with E-state index in [-0.39, 0.29) is 30.0 Å². The van der Waals surface area contributed by atoms with Gasteiger partial charge in [-0.05, 0) is 68.1 Å². The summed E-state index contributed by atoms with van der Waals surface area (Å²) in [5, 5.41) is 42.3. The second-order valence-electron chi connectivity index (χ2n) is 9.18. The van der Waals surface area contributed by atoms with E-state index in [0.29, 0.717) is 25.2 Å². The van der Waals surface area contributed by atoms with Crippen LogP contribution in [0, 0.1) is 40.9 Å². The van der Waals surface area contributed by atoms with E-state index in [1.165, 1.54) is 5.57 Å². The Balaban J connectivity index is 1.76. The average molecular weight is 346 g/mol. The fraction of sp³-hybridized carbons (Fsp3) is 0.810. The standard InChI is InChI=1S/C21H30O4/c1-3-21(25)9-6-16-18-15(5-8-20(16,21)12-22)19(2)7-4-14(23)10-13(19)11-17(18)24/h1,11,14-18,22-25H,4-10,12H2,2H3/t14-,15?,16?,17?,18?,19-,20+,21-/m0/s1. The zero-order chi connectivity index (χ0) is 18.0.